The van der Waals surface area contributed by atoms with Crippen LogP contribution in [-0.4, -0.2) is 27.4 Å². The van der Waals surface area contributed by atoms with Gasteiger partial charge in [-0.15, -0.1) is 0 Å². The number of carbonyl (C=O) groups excluding carboxylic acids is 1. The molecule has 1 rings (SSSR count). The molecule has 0 aliphatic carbocycles. The zero-order chi connectivity index (χ0) is 15.9. The Balaban J connectivity index is 2.47. The number of rotatable bonds is 8. The Morgan fingerprint density at radius 2 is 1.86 bits per heavy atom. The van der Waals surface area contributed by atoms with Crippen LogP contribution < -0.4 is 15.8 Å². The smallest absolute Gasteiger partial charge is 0.240 e. The maximum absolute atomic E-state index is 12.0. The van der Waals surface area contributed by atoms with Gasteiger partial charge in [0, 0.05) is 26.1 Å². The lowest BCUT2D eigenvalue weighted by Crippen LogP contribution is -2.32. The minimum absolute atomic E-state index is 0.0743. The summed E-state index contributed by atoms with van der Waals surface area (Å²) in [5.41, 5.74) is 6.33. The molecule has 6 nitrogen and oxygen atoms in total. The van der Waals surface area contributed by atoms with Crippen LogP contribution in [0.15, 0.2) is 29.2 Å². The summed E-state index contributed by atoms with van der Waals surface area (Å²) in [5.74, 6) is 0.205. The van der Waals surface area contributed by atoms with Crippen molar-refractivity contribution in [1.29, 1.82) is 0 Å². The predicted octanol–water partition coefficient (Wildman–Crippen LogP) is 0.586. The van der Waals surface area contributed by atoms with Crippen molar-refractivity contribution >= 4 is 15.9 Å². The van der Waals surface area contributed by atoms with E-state index in [0.29, 0.717) is 19.0 Å². The van der Waals surface area contributed by atoms with Gasteiger partial charge in [-0.2, -0.15) is 0 Å². The van der Waals surface area contributed by atoms with Crippen molar-refractivity contribution in [2.45, 2.75) is 31.7 Å². The predicted molar refractivity (Wildman–Crippen MR) is 82.0 cm³/mol. The molecule has 0 spiro atoms. The maximum atomic E-state index is 12.0. The summed E-state index contributed by atoms with van der Waals surface area (Å²) in [6.45, 7) is 5.02. The third-order valence-electron chi connectivity index (χ3n) is 2.82. The van der Waals surface area contributed by atoms with Crippen LogP contribution >= 0.6 is 0 Å². The van der Waals surface area contributed by atoms with Crippen molar-refractivity contribution in [3.63, 3.8) is 0 Å². The SMILES string of the molecule is CC(C)CNC(=O)CCNS(=O)(=O)c1ccc(CN)cc1. The first-order valence-corrected chi connectivity index (χ1v) is 8.39. The van der Waals surface area contributed by atoms with Crippen LogP contribution in [0.25, 0.3) is 0 Å². The van der Waals surface area contributed by atoms with E-state index in [0.717, 1.165) is 5.56 Å². The molecule has 0 radical (unpaired) electrons. The van der Waals surface area contributed by atoms with Crippen LogP contribution in [0.3, 0.4) is 0 Å². The van der Waals surface area contributed by atoms with Gasteiger partial charge in [-0.1, -0.05) is 26.0 Å². The first-order valence-electron chi connectivity index (χ1n) is 6.90. The highest BCUT2D eigenvalue weighted by molar-refractivity contribution is 7.89. The molecule has 0 fully saturated rings. The normalized spacial score (nSPS) is 11.6. The van der Waals surface area contributed by atoms with E-state index in [1.54, 1.807) is 12.1 Å². The molecule has 0 saturated carbocycles. The Kier molecular flexibility index (Phi) is 6.80. The molecule has 118 valence electrons. The van der Waals surface area contributed by atoms with E-state index in [4.69, 9.17) is 5.73 Å². The lowest BCUT2D eigenvalue weighted by Gasteiger charge is -2.09. The summed E-state index contributed by atoms with van der Waals surface area (Å²) in [7, 11) is -3.58. The summed E-state index contributed by atoms with van der Waals surface area (Å²) in [6, 6.07) is 6.35. The summed E-state index contributed by atoms with van der Waals surface area (Å²) in [6.07, 6.45) is 0.118. The minimum Gasteiger partial charge on any atom is -0.356 e. The molecule has 7 heteroatoms. The largest absolute Gasteiger partial charge is 0.356 e. The number of sulfonamides is 1. The van der Waals surface area contributed by atoms with Crippen LogP contribution in [0, 0.1) is 5.92 Å². The fraction of sp³-hybridized carbons (Fsp3) is 0.500. The number of benzene rings is 1. The van der Waals surface area contributed by atoms with Crippen molar-refractivity contribution in [2.24, 2.45) is 11.7 Å². The van der Waals surface area contributed by atoms with Crippen LogP contribution in [0.1, 0.15) is 25.8 Å². The zero-order valence-corrected chi connectivity index (χ0v) is 13.2. The molecular formula is C14H23N3O3S. The molecule has 1 amide bonds. The molecule has 0 aliphatic heterocycles. The van der Waals surface area contributed by atoms with Gasteiger partial charge >= 0.3 is 0 Å². The van der Waals surface area contributed by atoms with Gasteiger partial charge in [-0.3, -0.25) is 4.79 Å². The van der Waals surface area contributed by atoms with Gasteiger partial charge in [0.05, 0.1) is 4.90 Å². The number of amides is 1. The fourth-order valence-electron chi connectivity index (χ4n) is 1.59. The highest BCUT2D eigenvalue weighted by Crippen LogP contribution is 2.10. The second-order valence-electron chi connectivity index (χ2n) is 5.19. The molecule has 0 aliphatic rings. The van der Waals surface area contributed by atoms with E-state index >= 15 is 0 Å². The van der Waals surface area contributed by atoms with Gasteiger partial charge in [0.15, 0.2) is 0 Å². The quantitative estimate of drug-likeness (QED) is 0.653. The summed E-state index contributed by atoms with van der Waals surface area (Å²) >= 11 is 0. The Morgan fingerprint density at radius 3 is 2.38 bits per heavy atom. The average molecular weight is 313 g/mol. The summed E-state index contributed by atoms with van der Waals surface area (Å²) in [4.78, 5) is 11.7. The molecule has 1 aromatic rings. The maximum Gasteiger partial charge on any atom is 0.240 e. The monoisotopic (exact) mass is 313 g/mol. The van der Waals surface area contributed by atoms with Crippen molar-refractivity contribution < 1.29 is 13.2 Å². The first-order chi connectivity index (χ1) is 9.85. The van der Waals surface area contributed by atoms with Crippen LogP contribution in [0.5, 0.6) is 0 Å². The van der Waals surface area contributed by atoms with E-state index in [2.05, 4.69) is 10.0 Å². The number of carbonyl (C=O) groups is 1. The lowest BCUT2D eigenvalue weighted by molar-refractivity contribution is -0.121. The lowest BCUT2D eigenvalue weighted by atomic mass is 10.2. The Hall–Kier alpha value is -1.44. The number of nitrogens with two attached hydrogens (primary N) is 1. The van der Waals surface area contributed by atoms with E-state index in [9.17, 15) is 13.2 Å². The molecule has 4 N–H and O–H groups in total. The zero-order valence-electron chi connectivity index (χ0n) is 12.4. The Labute approximate surface area is 126 Å². The van der Waals surface area contributed by atoms with Gasteiger partial charge < -0.3 is 11.1 Å². The first kappa shape index (κ1) is 17.6. The van der Waals surface area contributed by atoms with E-state index in [1.807, 2.05) is 13.8 Å². The van der Waals surface area contributed by atoms with Crippen molar-refractivity contribution in [2.75, 3.05) is 13.1 Å². The van der Waals surface area contributed by atoms with Crippen LogP contribution in [0.2, 0.25) is 0 Å². The third-order valence-corrected chi connectivity index (χ3v) is 4.30. The molecule has 0 saturated heterocycles. The van der Waals surface area contributed by atoms with Crippen molar-refractivity contribution in [3.8, 4) is 0 Å². The van der Waals surface area contributed by atoms with Crippen molar-refractivity contribution in [1.82, 2.24) is 10.0 Å². The average Bonchev–Trinajstić information content (AvgIpc) is 2.45. The number of hydrogen-bond acceptors (Lipinski definition) is 4. The molecule has 0 unspecified atom stereocenters. The fourth-order valence-corrected chi connectivity index (χ4v) is 2.63. The van der Waals surface area contributed by atoms with Crippen LogP contribution in [0.4, 0.5) is 0 Å². The molecule has 21 heavy (non-hydrogen) atoms. The Morgan fingerprint density at radius 1 is 1.24 bits per heavy atom. The Bertz CT molecular complexity index is 553. The standard InChI is InChI=1S/C14H23N3O3S/c1-11(2)10-16-14(18)7-8-17-21(19,20)13-5-3-12(9-15)4-6-13/h3-6,11,17H,7-10,15H2,1-2H3,(H,16,18). The number of nitrogens with one attached hydrogen (secondary N) is 2. The topological polar surface area (TPSA) is 101 Å². The van der Waals surface area contributed by atoms with E-state index in [-0.39, 0.29) is 23.8 Å². The second-order valence-corrected chi connectivity index (χ2v) is 6.96. The van der Waals surface area contributed by atoms with Gasteiger partial charge in [0.25, 0.3) is 0 Å². The van der Waals surface area contributed by atoms with Gasteiger partial charge in [0.2, 0.25) is 15.9 Å². The van der Waals surface area contributed by atoms with Gasteiger partial charge in [-0.05, 0) is 23.6 Å². The molecule has 0 atom stereocenters. The molecule has 0 heterocycles. The molecule has 0 bridgehead atoms. The molecule has 1 aromatic carbocycles. The highest BCUT2D eigenvalue weighted by atomic mass is 32.2. The van der Waals surface area contributed by atoms with Crippen LogP contribution in [-0.2, 0) is 21.4 Å². The van der Waals surface area contributed by atoms with Gasteiger partial charge in [-0.25, -0.2) is 13.1 Å². The molecular weight excluding hydrogens is 290 g/mol. The van der Waals surface area contributed by atoms with Gasteiger partial charge in [0.1, 0.15) is 0 Å². The third kappa shape index (κ3) is 6.24. The second kappa shape index (κ2) is 8.11. The van der Waals surface area contributed by atoms with Crippen molar-refractivity contribution in [3.05, 3.63) is 29.8 Å². The highest BCUT2D eigenvalue weighted by Gasteiger charge is 2.13. The van der Waals surface area contributed by atoms with E-state index in [1.165, 1.54) is 12.1 Å². The molecule has 0 aromatic heterocycles. The minimum atomic E-state index is -3.58. The number of hydrogen-bond donors (Lipinski definition) is 3. The summed E-state index contributed by atoms with van der Waals surface area (Å²) < 4.78 is 26.4. The summed E-state index contributed by atoms with van der Waals surface area (Å²) in [5, 5.41) is 2.74. The van der Waals surface area contributed by atoms with E-state index < -0.39 is 10.0 Å².